The fourth-order valence-electron chi connectivity index (χ4n) is 2.21. The van der Waals surface area contributed by atoms with Crippen LogP contribution in [-0.2, 0) is 14.3 Å². The second kappa shape index (κ2) is 10.2. The van der Waals surface area contributed by atoms with Gasteiger partial charge in [0, 0.05) is 12.2 Å². The van der Waals surface area contributed by atoms with E-state index in [0.717, 1.165) is 0 Å². The van der Waals surface area contributed by atoms with Gasteiger partial charge in [0.1, 0.15) is 6.04 Å². The van der Waals surface area contributed by atoms with E-state index in [1.165, 1.54) is 30.4 Å². The molecule has 1 heterocycles. The summed E-state index contributed by atoms with van der Waals surface area (Å²) in [5.74, 6) is -1.90. The highest BCUT2D eigenvalue weighted by Crippen LogP contribution is 2.15. The third-order valence-electron chi connectivity index (χ3n) is 3.56. The Hall–Kier alpha value is -3.20. The molecular formula is C19H21N3O5S. The average Bonchev–Trinajstić information content (AvgIpc) is 3.21. The van der Waals surface area contributed by atoms with Crippen molar-refractivity contribution in [1.29, 1.82) is 0 Å². The predicted octanol–water partition coefficient (Wildman–Crippen LogP) is 1.80. The van der Waals surface area contributed by atoms with Crippen LogP contribution in [0.3, 0.4) is 0 Å². The fraction of sp³-hybridized carbons (Fsp3) is 0.263. The van der Waals surface area contributed by atoms with Gasteiger partial charge in [-0.1, -0.05) is 12.1 Å². The topological polar surface area (TPSA) is 114 Å². The Bertz CT molecular complexity index is 851. The summed E-state index contributed by atoms with van der Waals surface area (Å²) in [6.07, 6.45) is 0. The molecule has 0 aliphatic rings. The Balaban J connectivity index is 1.88. The lowest BCUT2D eigenvalue weighted by Gasteiger charge is -2.13. The molecule has 28 heavy (non-hydrogen) atoms. The summed E-state index contributed by atoms with van der Waals surface area (Å²) in [5, 5.41) is 9.51. The molecule has 0 aliphatic heterocycles. The number of anilines is 1. The summed E-state index contributed by atoms with van der Waals surface area (Å²) >= 11 is 1.31. The van der Waals surface area contributed by atoms with Gasteiger partial charge in [-0.2, -0.15) is 0 Å². The molecule has 0 unspecified atom stereocenters. The maximum Gasteiger partial charge on any atom is 0.338 e. The molecule has 2 aromatic rings. The fourth-order valence-corrected chi connectivity index (χ4v) is 2.83. The van der Waals surface area contributed by atoms with Gasteiger partial charge < -0.3 is 20.7 Å². The molecule has 0 saturated carbocycles. The first-order valence-electron chi connectivity index (χ1n) is 8.59. The molecule has 1 atom stereocenters. The van der Waals surface area contributed by atoms with Crippen LogP contribution in [0.5, 0.6) is 0 Å². The van der Waals surface area contributed by atoms with Crippen molar-refractivity contribution < 1.29 is 23.9 Å². The molecule has 0 saturated heterocycles. The summed E-state index contributed by atoms with van der Waals surface area (Å²) in [4.78, 5) is 48.2. The number of amides is 3. The Labute approximate surface area is 166 Å². The largest absolute Gasteiger partial charge is 0.452 e. The SMILES string of the molecule is CCNC(=O)[C@@H](C)NC(=O)COC(=O)c1cccc(NC(=O)c2cccs2)c1. The van der Waals surface area contributed by atoms with E-state index >= 15 is 0 Å². The van der Waals surface area contributed by atoms with E-state index in [1.807, 2.05) is 0 Å². The number of hydrogen-bond donors (Lipinski definition) is 3. The van der Waals surface area contributed by atoms with E-state index in [1.54, 1.807) is 36.6 Å². The van der Waals surface area contributed by atoms with Crippen LogP contribution in [-0.4, -0.2) is 42.9 Å². The molecule has 1 aromatic carbocycles. The Morgan fingerprint density at radius 1 is 1.14 bits per heavy atom. The average molecular weight is 403 g/mol. The smallest absolute Gasteiger partial charge is 0.338 e. The molecule has 2 rings (SSSR count). The van der Waals surface area contributed by atoms with Crippen molar-refractivity contribution in [2.24, 2.45) is 0 Å². The number of carbonyl (C=O) groups is 4. The van der Waals surface area contributed by atoms with Crippen molar-refractivity contribution in [3.8, 4) is 0 Å². The second-order valence-corrected chi connectivity index (χ2v) is 6.72. The standard InChI is InChI=1S/C19H21N3O5S/c1-3-20-17(24)12(2)21-16(23)11-27-19(26)13-6-4-7-14(10-13)22-18(25)15-8-5-9-28-15/h4-10,12H,3,11H2,1-2H3,(H,20,24)(H,21,23)(H,22,25)/t12-/m1/s1. The van der Waals surface area contributed by atoms with Gasteiger partial charge in [-0.3, -0.25) is 14.4 Å². The highest BCUT2D eigenvalue weighted by molar-refractivity contribution is 7.12. The van der Waals surface area contributed by atoms with E-state index in [2.05, 4.69) is 16.0 Å². The molecule has 148 valence electrons. The van der Waals surface area contributed by atoms with Gasteiger partial charge >= 0.3 is 5.97 Å². The van der Waals surface area contributed by atoms with Crippen LogP contribution < -0.4 is 16.0 Å². The third kappa shape index (κ3) is 6.20. The summed E-state index contributed by atoms with van der Waals surface area (Å²) in [6.45, 7) is 3.23. The lowest BCUT2D eigenvalue weighted by molar-refractivity contribution is -0.130. The number of hydrogen-bond acceptors (Lipinski definition) is 6. The number of esters is 1. The minimum Gasteiger partial charge on any atom is -0.452 e. The van der Waals surface area contributed by atoms with Crippen molar-refractivity contribution in [3.05, 3.63) is 52.2 Å². The van der Waals surface area contributed by atoms with Crippen LogP contribution in [0.2, 0.25) is 0 Å². The Morgan fingerprint density at radius 2 is 1.93 bits per heavy atom. The van der Waals surface area contributed by atoms with Crippen molar-refractivity contribution in [2.75, 3.05) is 18.5 Å². The molecule has 1 aromatic heterocycles. The van der Waals surface area contributed by atoms with Crippen LogP contribution in [0.4, 0.5) is 5.69 Å². The zero-order chi connectivity index (χ0) is 20.5. The zero-order valence-electron chi connectivity index (χ0n) is 15.5. The second-order valence-electron chi connectivity index (χ2n) is 5.77. The van der Waals surface area contributed by atoms with Crippen molar-refractivity contribution in [3.63, 3.8) is 0 Å². The van der Waals surface area contributed by atoms with E-state index in [4.69, 9.17) is 4.74 Å². The van der Waals surface area contributed by atoms with E-state index in [9.17, 15) is 19.2 Å². The number of nitrogens with one attached hydrogen (secondary N) is 3. The van der Waals surface area contributed by atoms with Gasteiger partial charge in [-0.05, 0) is 43.5 Å². The highest BCUT2D eigenvalue weighted by atomic mass is 32.1. The van der Waals surface area contributed by atoms with Crippen molar-refractivity contribution in [1.82, 2.24) is 10.6 Å². The number of carbonyl (C=O) groups excluding carboxylic acids is 4. The van der Waals surface area contributed by atoms with Crippen LogP contribution in [0.15, 0.2) is 41.8 Å². The van der Waals surface area contributed by atoms with Crippen LogP contribution in [0.25, 0.3) is 0 Å². The molecule has 0 radical (unpaired) electrons. The molecular weight excluding hydrogens is 382 g/mol. The van der Waals surface area contributed by atoms with Gasteiger partial charge in [0.2, 0.25) is 5.91 Å². The minimum atomic E-state index is -0.734. The number of thiophene rings is 1. The molecule has 0 spiro atoms. The quantitative estimate of drug-likeness (QED) is 0.582. The predicted molar refractivity (Wildman–Crippen MR) is 105 cm³/mol. The maximum atomic E-state index is 12.1. The number of likely N-dealkylation sites (N-methyl/N-ethyl adjacent to an activating group) is 1. The highest BCUT2D eigenvalue weighted by Gasteiger charge is 2.17. The minimum absolute atomic E-state index is 0.188. The molecule has 0 aliphatic carbocycles. The van der Waals surface area contributed by atoms with Gasteiger partial charge in [0.05, 0.1) is 10.4 Å². The third-order valence-corrected chi connectivity index (χ3v) is 4.43. The number of ether oxygens (including phenoxy) is 1. The lowest BCUT2D eigenvalue weighted by Crippen LogP contribution is -2.46. The molecule has 0 bridgehead atoms. The maximum absolute atomic E-state index is 12.1. The first kappa shape index (κ1) is 21.1. The molecule has 9 heteroatoms. The van der Waals surface area contributed by atoms with Gasteiger partial charge in [0.15, 0.2) is 6.61 Å². The van der Waals surface area contributed by atoms with Crippen LogP contribution in [0.1, 0.15) is 33.9 Å². The van der Waals surface area contributed by atoms with Crippen molar-refractivity contribution >= 4 is 40.7 Å². The Kier molecular flexibility index (Phi) is 7.70. The summed E-state index contributed by atoms with van der Waals surface area (Å²) in [6, 6.07) is 8.94. The normalized spacial score (nSPS) is 11.2. The summed E-state index contributed by atoms with van der Waals surface area (Å²) < 4.78 is 4.97. The van der Waals surface area contributed by atoms with E-state index < -0.39 is 24.5 Å². The van der Waals surface area contributed by atoms with E-state index in [-0.39, 0.29) is 17.4 Å². The monoisotopic (exact) mass is 403 g/mol. The molecule has 0 fully saturated rings. The Morgan fingerprint density at radius 3 is 2.61 bits per heavy atom. The first-order valence-corrected chi connectivity index (χ1v) is 9.47. The summed E-state index contributed by atoms with van der Waals surface area (Å²) in [5.41, 5.74) is 0.621. The lowest BCUT2D eigenvalue weighted by atomic mass is 10.2. The number of benzene rings is 1. The van der Waals surface area contributed by atoms with E-state index in [0.29, 0.717) is 17.1 Å². The molecule has 3 N–H and O–H groups in total. The van der Waals surface area contributed by atoms with Crippen LogP contribution in [0, 0.1) is 0 Å². The molecule has 3 amide bonds. The number of rotatable bonds is 8. The van der Waals surface area contributed by atoms with Gasteiger partial charge in [0.25, 0.3) is 11.8 Å². The van der Waals surface area contributed by atoms with Gasteiger partial charge in [-0.25, -0.2) is 4.79 Å². The summed E-state index contributed by atoms with van der Waals surface area (Å²) in [7, 11) is 0. The molecule has 8 nitrogen and oxygen atoms in total. The van der Waals surface area contributed by atoms with Crippen LogP contribution >= 0.6 is 11.3 Å². The van der Waals surface area contributed by atoms with Gasteiger partial charge in [-0.15, -0.1) is 11.3 Å². The first-order chi connectivity index (χ1) is 13.4. The zero-order valence-corrected chi connectivity index (χ0v) is 16.3. The van der Waals surface area contributed by atoms with Crippen molar-refractivity contribution in [2.45, 2.75) is 19.9 Å².